The van der Waals surface area contributed by atoms with Crippen LogP contribution in [0.1, 0.15) is 18.2 Å². The average molecular weight is 393 g/mol. The molecule has 2 aromatic rings. The fourth-order valence-corrected chi connectivity index (χ4v) is 4.46. The van der Waals surface area contributed by atoms with E-state index >= 15 is 0 Å². The van der Waals surface area contributed by atoms with Crippen LogP contribution in [0.15, 0.2) is 50.4 Å². The minimum absolute atomic E-state index is 0.107. The summed E-state index contributed by atoms with van der Waals surface area (Å²) in [5, 5.41) is 0. The van der Waals surface area contributed by atoms with E-state index in [2.05, 4.69) is 15.9 Å². The molecule has 0 saturated heterocycles. The van der Waals surface area contributed by atoms with Crippen LogP contribution in [0.2, 0.25) is 0 Å². The Bertz CT molecular complexity index is 700. The molecule has 0 amide bonds. The summed E-state index contributed by atoms with van der Waals surface area (Å²) in [6, 6.07) is 10.9. The van der Waals surface area contributed by atoms with E-state index in [9.17, 15) is 8.42 Å². The Hall–Kier alpha value is -0.820. The lowest BCUT2D eigenvalue weighted by Crippen LogP contribution is -2.30. The molecule has 0 bridgehead atoms. The van der Waals surface area contributed by atoms with Gasteiger partial charge in [-0.1, -0.05) is 37.3 Å². The van der Waals surface area contributed by atoms with Crippen molar-refractivity contribution < 1.29 is 12.8 Å². The number of sulfonamides is 1. The van der Waals surface area contributed by atoms with Crippen LogP contribution in [0.5, 0.6) is 0 Å². The Labute approximate surface area is 137 Å². The van der Waals surface area contributed by atoms with Crippen molar-refractivity contribution in [1.29, 1.82) is 0 Å². The van der Waals surface area contributed by atoms with Gasteiger partial charge in [-0.3, -0.25) is 0 Å². The van der Waals surface area contributed by atoms with E-state index in [1.165, 1.54) is 10.4 Å². The van der Waals surface area contributed by atoms with Gasteiger partial charge < -0.3 is 4.42 Å². The smallest absolute Gasteiger partial charge is 0.247 e. The first-order valence-corrected chi connectivity index (χ1v) is 9.14. The Kier molecular flexibility index (Phi) is 5.48. The second-order valence-electron chi connectivity index (χ2n) is 4.40. The molecule has 0 aliphatic rings. The molecule has 114 valence electrons. The third-order valence-electron chi connectivity index (χ3n) is 3.01. The molecule has 0 saturated carbocycles. The van der Waals surface area contributed by atoms with Gasteiger partial charge in [-0.2, -0.15) is 4.31 Å². The van der Waals surface area contributed by atoms with Crippen molar-refractivity contribution in [2.45, 2.75) is 24.2 Å². The van der Waals surface area contributed by atoms with Crippen LogP contribution in [0.3, 0.4) is 0 Å². The van der Waals surface area contributed by atoms with Gasteiger partial charge in [-0.25, -0.2) is 8.42 Å². The molecular weight excluding hydrogens is 378 g/mol. The Balaban J connectivity index is 2.33. The van der Waals surface area contributed by atoms with Gasteiger partial charge in [0.1, 0.15) is 10.7 Å². The van der Waals surface area contributed by atoms with Gasteiger partial charge >= 0.3 is 0 Å². The minimum Gasteiger partial charge on any atom is -0.452 e. The lowest BCUT2D eigenvalue weighted by atomic mass is 10.2. The molecule has 21 heavy (non-hydrogen) atoms. The molecule has 0 radical (unpaired) electrons. The van der Waals surface area contributed by atoms with Crippen molar-refractivity contribution in [3.05, 3.63) is 52.4 Å². The molecule has 4 nitrogen and oxygen atoms in total. The van der Waals surface area contributed by atoms with Crippen molar-refractivity contribution in [1.82, 2.24) is 4.31 Å². The molecule has 0 spiro atoms. The van der Waals surface area contributed by atoms with E-state index in [0.29, 0.717) is 18.8 Å². The summed E-state index contributed by atoms with van der Waals surface area (Å²) >= 11 is 8.83. The molecule has 0 aliphatic heterocycles. The van der Waals surface area contributed by atoms with E-state index in [1.54, 1.807) is 6.92 Å². The largest absolute Gasteiger partial charge is 0.452 e. The lowest BCUT2D eigenvalue weighted by Gasteiger charge is -2.19. The summed E-state index contributed by atoms with van der Waals surface area (Å²) in [6.07, 6.45) is 0. The third-order valence-corrected chi connectivity index (χ3v) is 6.05. The summed E-state index contributed by atoms with van der Waals surface area (Å²) in [4.78, 5) is 0.107. The van der Waals surface area contributed by atoms with Crippen LogP contribution in [0, 0.1) is 0 Å². The number of hydrogen-bond acceptors (Lipinski definition) is 3. The Morgan fingerprint density at radius 3 is 2.48 bits per heavy atom. The maximum Gasteiger partial charge on any atom is 0.247 e. The van der Waals surface area contributed by atoms with Crippen LogP contribution in [-0.2, 0) is 22.4 Å². The average Bonchev–Trinajstić information content (AvgIpc) is 2.87. The number of nitrogens with zero attached hydrogens (tertiary/aromatic N) is 1. The summed E-state index contributed by atoms with van der Waals surface area (Å²) < 4.78 is 32.3. The first kappa shape index (κ1) is 16.5. The van der Waals surface area contributed by atoms with Crippen LogP contribution < -0.4 is 0 Å². The number of halogens is 2. The highest BCUT2D eigenvalue weighted by molar-refractivity contribution is 9.10. The van der Waals surface area contributed by atoms with Gasteiger partial charge in [0, 0.05) is 19.2 Å². The maximum absolute atomic E-state index is 12.7. The van der Waals surface area contributed by atoms with E-state index in [4.69, 9.17) is 16.0 Å². The highest BCUT2D eigenvalue weighted by Gasteiger charge is 2.28. The van der Waals surface area contributed by atoms with Crippen LogP contribution in [-0.4, -0.2) is 19.3 Å². The van der Waals surface area contributed by atoms with Crippen molar-refractivity contribution in [2.24, 2.45) is 0 Å². The highest BCUT2D eigenvalue weighted by Crippen LogP contribution is 2.30. The molecular formula is C14H15BrClNO3S. The van der Waals surface area contributed by atoms with E-state index < -0.39 is 10.0 Å². The zero-order valence-corrected chi connectivity index (χ0v) is 14.6. The zero-order valence-electron chi connectivity index (χ0n) is 11.4. The normalized spacial score (nSPS) is 12.0. The monoisotopic (exact) mass is 391 g/mol. The van der Waals surface area contributed by atoms with E-state index in [1.807, 2.05) is 30.3 Å². The van der Waals surface area contributed by atoms with Gasteiger partial charge in [-0.15, -0.1) is 11.6 Å². The SMILES string of the molecule is CCN(Cc1ccccc1)S(=O)(=O)c1cc(CCl)oc1Br. The number of rotatable bonds is 6. The molecule has 0 unspecified atom stereocenters. The van der Waals surface area contributed by atoms with Crippen LogP contribution in [0.25, 0.3) is 0 Å². The van der Waals surface area contributed by atoms with Gasteiger partial charge in [0.05, 0.1) is 5.88 Å². The predicted octanol–water partition coefficient (Wildman–Crippen LogP) is 3.99. The van der Waals surface area contributed by atoms with Crippen LogP contribution >= 0.6 is 27.5 Å². The van der Waals surface area contributed by atoms with E-state index in [-0.39, 0.29) is 15.4 Å². The van der Waals surface area contributed by atoms with Gasteiger partial charge in [0.15, 0.2) is 4.67 Å². The molecule has 1 heterocycles. The molecule has 0 N–H and O–H groups in total. The fourth-order valence-electron chi connectivity index (χ4n) is 1.93. The van der Waals surface area contributed by atoms with Crippen molar-refractivity contribution in [3.63, 3.8) is 0 Å². The maximum atomic E-state index is 12.7. The van der Waals surface area contributed by atoms with Gasteiger partial charge in [0.25, 0.3) is 0 Å². The Morgan fingerprint density at radius 2 is 1.95 bits per heavy atom. The molecule has 0 fully saturated rings. The molecule has 2 rings (SSSR count). The summed E-state index contributed by atoms with van der Waals surface area (Å²) in [5.41, 5.74) is 0.931. The Morgan fingerprint density at radius 1 is 1.29 bits per heavy atom. The second kappa shape index (κ2) is 6.96. The molecule has 7 heteroatoms. The topological polar surface area (TPSA) is 50.5 Å². The standard InChI is InChI=1S/C14H15BrClNO3S/c1-2-17(10-11-6-4-3-5-7-11)21(18,19)13-8-12(9-16)20-14(13)15/h3-8H,2,9-10H2,1H3. The quantitative estimate of drug-likeness (QED) is 0.698. The predicted molar refractivity (Wildman–Crippen MR) is 85.7 cm³/mol. The minimum atomic E-state index is -3.64. The number of hydrogen-bond donors (Lipinski definition) is 0. The van der Waals surface area contributed by atoms with Gasteiger partial charge in [-0.05, 0) is 21.5 Å². The van der Waals surface area contributed by atoms with Crippen molar-refractivity contribution >= 4 is 37.6 Å². The molecule has 1 aromatic heterocycles. The summed E-state index contributed by atoms with van der Waals surface area (Å²) in [6.45, 7) is 2.48. The molecule has 0 aliphatic carbocycles. The lowest BCUT2D eigenvalue weighted by molar-refractivity contribution is 0.420. The number of furan rings is 1. The zero-order chi connectivity index (χ0) is 15.5. The van der Waals surface area contributed by atoms with Crippen LogP contribution in [0.4, 0.5) is 0 Å². The number of benzene rings is 1. The van der Waals surface area contributed by atoms with Crippen molar-refractivity contribution in [3.8, 4) is 0 Å². The first-order chi connectivity index (χ1) is 9.98. The fraction of sp³-hybridized carbons (Fsp3) is 0.286. The first-order valence-electron chi connectivity index (χ1n) is 6.37. The third kappa shape index (κ3) is 3.69. The van der Waals surface area contributed by atoms with E-state index in [0.717, 1.165) is 5.56 Å². The molecule has 0 atom stereocenters. The second-order valence-corrected chi connectivity index (χ2v) is 7.29. The summed E-state index contributed by atoms with van der Waals surface area (Å²) in [7, 11) is -3.64. The number of alkyl halides is 1. The van der Waals surface area contributed by atoms with Gasteiger partial charge in [0.2, 0.25) is 10.0 Å². The summed E-state index contributed by atoms with van der Waals surface area (Å²) in [5.74, 6) is 0.539. The highest BCUT2D eigenvalue weighted by atomic mass is 79.9. The molecule has 1 aromatic carbocycles. The van der Waals surface area contributed by atoms with Crippen molar-refractivity contribution in [2.75, 3.05) is 6.54 Å².